The van der Waals surface area contributed by atoms with Crippen molar-refractivity contribution in [3.8, 4) is 0 Å². The summed E-state index contributed by atoms with van der Waals surface area (Å²) in [5.74, 6) is 0.392. The van der Waals surface area contributed by atoms with Crippen LogP contribution in [0.25, 0.3) is 0 Å². The third-order valence-electron chi connectivity index (χ3n) is 3.55. The molecule has 1 aliphatic heterocycles. The van der Waals surface area contributed by atoms with E-state index in [1.807, 2.05) is 73.6 Å². The van der Waals surface area contributed by atoms with Crippen molar-refractivity contribution in [2.24, 2.45) is 4.99 Å². The smallest absolute Gasteiger partial charge is 0.163 e. The molecule has 3 rings (SSSR count). The van der Waals surface area contributed by atoms with Crippen molar-refractivity contribution in [3.63, 3.8) is 0 Å². The molecule has 0 saturated carbocycles. The lowest BCUT2D eigenvalue weighted by molar-refractivity contribution is 0.850. The summed E-state index contributed by atoms with van der Waals surface area (Å²) in [6, 6.07) is 17.8. The second-order valence-electron chi connectivity index (χ2n) is 5.32. The number of aliphatic imine (C=N–C) groups is 1. The van der Waals surface area contributed by atoms with E-state index in [4.69, 9.17) is 5.41 Å². The largest absolute Gasteiger partial charge is 0.378 e. The summed E-state index contributed by atoms with van der Waals surface area (Å²) in [4.78, 5) is 6.63. The Morgan fingerprint density at radius 1 is 1.05 bits per heavy atom. The molecule has 0 spiro atoms. The molecule has 0 bridgehead atoms. The van der Waals surface area contributed by atoms with Gasteiger partial charge in [-0.3, -0.25) is 10.4 Å². The van der Waals surface area contributed by atoms with Crippen LogP contribution in [0.4, 0.5) is 17.1 Å². The average molecular weight is 293 g/mol. The third-order valence-corrected chi connectivity index (χ3v) is 3.55. The number of benzene rings is 2. The molecule has 0 atom stereocenters. The number of anilines is 2. The molecule has 1 fully saturated rings. The van der Waals surface area contributed by atoms with Crippen LogP contribution in [0, 0.1) is 5.41 Å². The fraction of sp³-hybridized carbons (Fsp3) is 0.176. The van der Waals surface area contributed by atoms with Gasteiger partial charge in [-0.25, -0.2) is 10.4 Å². The molecule has 0 radical (unpaired) electrons. The first-order valence-electron chi connectivity index (χ1n) is 7.18. The average Bonchev–Trinajstić information content (AvgIpc) is 2.90. The van der Waals surface area contributed by atoms with Gasteiger partial charge in [0.25, 0.3) is 0 Å². The third kappa shape index (κ3) is 2.84. The molecule has 2 aromatic carbocycles. The molecule has 1 aliphatic rings. The summed E-state index contributed by atoms with van der Waals surface area (Å²) in [6.45, 7) is 0.559. The Morgan fingerprint density at radius 2 is 1.73 bits per heavy atom. The van der Waals surface area contributed by atoms with Gasteiger partial charge < -0.3 is 4.90 Å². The Labute approximate surface area is 130 Å². The maximum absolute atomic E-state index is 8.28. The predicted octanol–water partition coefficient (Wildman–Crippen LogP) is 2.83. The highest BCUT2D eigenvalue weighted by atomic mass is 15.6. The van der Waals surface area contributed by atoms with Gasteiger partial charge in [0.05, 0.1) is 17.9 Å². The number of nitrogens with one attached hydrogen (secondary N) is 2. The molecule has 0 aromatic heterocycles. The zero-order chi connectivity index (χ0) is 15.5. The summed E-state index contributed by atoms with van der Waals surface area (Å²) in [6.07, 6.45) is 0. The normalized spacial score (nSPS) is 16.4. The number of nitrogens with zero attached hydrogens (tertiary/aromatic N) is 3. The topological polar surface area (TPSA) is 54.7 Å². The zero-order valence-electron chi connectivity index (χ0n) is 12.7. The lowest BCUT2D eigenvalue weighted by Crippen LogP contribution is -2.34. The van der Waals surface area contributed by atoms with E-state index < -0.39 is 0 Å². The maximum atomic E-state index is 8.28. The van der Waals surface area contributed by atoms with Crippen molar-refractivity contribution in [1.82, 2.24) is 5.43 Å². The Balaban J connectivity index is 1.80. The number of hydrazine groups is 1. The van der Waals surface area contributed by atoms with E-state index in [2.05, 4.69) is 10.4 Å². The molecule has 5 heteroatoms. The van der Waals surface area contributed by atoms with E-state index in [9.17, 15) is 0 Å². The summed E-state index contributed by atoms with van der Waals surface area (Å²) >= 11 is 0. The highest BCUT2D eigenvalue weighted by Gasteiger charge is 2.24. The minimum Gasteiger partial charge on any atom is -0.378 e. The second-order valence-corrected chi connectivity index (χ2v) is 5.32. The summed E-state index contributed by atoms with van der Waals surface area (Å²) in [5, 5.41) is 10.0. The van der Waals surface area contributed by atoms with Crippen LogP contribution in [-0.2, 0) is 0 Å². The molecule has 1 heterocycles. The van der Waals surface area contributed by atoms with Crippen LogP contribution in [-0.4, -0.2) is 32.2 Å². The van der Waals surface area contributed by atoms with Gasteiger partial charge in [-0.15, -0.1) is 0 Å². The molecular weight excluding hydrogens is 274 g/mol. The number of hydrogen-bond acceptors (Lipinski definition) is 4. The number of hydrogen-bond donors (Lipinski definition) is 2. The van der Waals surface area contributed by atoms with E-state index >= 15 is 0 Å². The SMILES string of the molecule is CN(C)c1ccc(N=C2CNN(c3ccccc3)C2=N)cc1. The van der Waals surface area contributed by atoms with Crippen LogP contribution in [0.15, 0.2) is 59.6 Å². The minimum absolute atomic E-state index is 0.392. The lowest BCUT2D eigenvalue weighted by atomic mass is 10.2. The van der Waals surface area contributed by atoms with E-state index in [0.29, 0.717) is 12.4 Å². The van der Waals surface area contributed by atoms with Crippen LogP contribution in [0.2, 0.25) is 0 Å². The van der Waals surface area contributed by atoms with E-state index in [0.717, 1.165) is 22.8 Å². The second kappa shape index (κ2) is 5.99. The van der Waals surface area contributed by atoms with Crippen molar-refractivity contribution in [3.05, 3.63) is 54.6 Å². The standard InChI is InChI=1S/C17H19N5/c1-21(2)14-10-8-13(9-11-14)20-16-12-19-22(17(16)18)15-6-4-3-5-7-15/h3-11,18-19H,12H2,1-2H3. The van der Waals surface area contributed by atoms with Gasteiger partial charge in [0, 0.05) is 19.8 Å². The Hall–Kier alpha value is -2.66. The van der Waals surface area contributed by atoms with Crippen molar-refractivity contribution < 1.29 is 0 Å². The van der Waals surface area contributed by atoms with Crippen LogP contribution in [0.3, 0.4) is 0 Å². The molecule has 2 aromatic rings. The minimum atomic E-state index is 0.392. The molecule has 112 valence electrons. The Kier molecular flexibility index (Phi) is 3.89. The molecular formula is C17H19N5. The van der Waals surface area contributed by atoms with Gasteiger partial charge >= 0.3 is 0 Å². The quantitative estimate of drug-likeness (QED) is 0.915. The summed E-state index contributed by atoms with van der Waals surface area (Å²) in [5.41, 5.74) is 6.87. The first-order chi connectivity index (χ1) is 10.6. The predicted molar refractivity (Wildman–Crippen MR) is 92.5 cm³/mol. The van der Waals surface area contributed by atoms with E-state index in [-0.39, 0.29) is 0 Å². The zero-order valence-corrected chi connectivity index (χ0v) is 12.7. The summed E-state index contributed by atoms with van der Waals surface area (Å²) in [7, 11) is 4.02. The molecule has 5 nitrogen and oxygen atoms in total. The highest BCUT2D eigenvalue weighted by Crippen LogP contribution is 2.20. The number of amidine groups is 1. The van der Waals surface area contributed by atoms with Gasteiger partial charge in [0.2, 0.25) is 0 Å². The fourth-order valence-corrected chi connectivity index (χ4v) is 2.32. The number of para-hydroxylation sites is 1. The molecule has 2 N–H and O–H groups in total. The Bertz CT molecular complexity index is 689. The van der Waals surface area contributed by atoms with Gasteiger partial charge in [-0.2, -0.15) is 0 Å². The van der Waals surface area contributed by atoms with Crippen molar-refractivity contribution in [2.45, 2.75) is 0 Å². The molecule has 0 unspecified atom stereocenters. The first-order valence-corrected chi connectivity index (χ1v) is 7.18. The van der Waals surface area contributed by atoms with Crippen LogP contribution >= 0.6 is 0 Å². The molecule has 1 saturated heterocycles. The van der Waals surface area contributed by atoms with Gasteiger partial charge in [0.1, 0.15) is 5.71 Å². The molecule has 0 aliphatic carbocycles. The van der Waals surface area contributed by atoms with Crippen LogP contribution in [0.1, 0.15) is 0 Å². The fourth-order valence-electron chi connectivity index (χ4n) is 2.32. The highest BCUT2D eigenvalue weighted by molar-refractivity contribution is 6.47. The van der Waals surface area contributed by atoms with Crippen molar-refractivity contribution in [2.75, 3.05) is 30.5 Å². The number of rotatable bonds is 3. The van der Waals surface area contributed by atoms with E-state index in [1.54, 1.807) is 5.01 Å². The van der Waals surface area contributed by atoms with E-state index in [1.165, 1.54) is 0 Å². The monoisotopic (exact) mass is 293 g/mol. The summed E-state index contributed by atoms with van der Waals surface area (Å²) < 4.78 is 0. The lowest BCUT2D eigenvalue weighted by Gasteiger charge is -2.16. The van der Waals surface area contributed by atoms with Gasteiger partial charge in [-0.05, 0) is 36.4 Å². The van der Waals surface area contributed by atoms with Gasteiger partial charge in [-0.1, -0.05) is 18.2 Å². The van der Waals surface area contributed by atoms with Crippen LogP contribution < -0.4 is 15.3 Å². The van der Waals surface area contributed by atoms with Crippen molar-refractivity contribution in [1.29, 1.82) is 5.41 Å². The molecule has 22 heavy (non-hydrogen) atoms. The van der Waals surface area contributed by atoms with Crippen molar-refractivity contribution >= 4 is 28.6 Å². The molecule has 0 amide bonds. The van der Waals surface area contributed by atoms with Crippen LogP contribution in [0.5, 0.6) is 0 Å². The van der Waals surface area contributed by atoms with Gasteiger partial charge in [0.15, 0.2) is 5.84 Å². The Morgan fingerprint density at radius 3 is 2.36 bits per heavy atom. The maximum Gasteiger partial charge on any atom is 0.163 e. The first kappa shape index (κ1) is 14.3.